The van der Waals surface area contributed by atoms with E-state index in [1.165, 1.54) is 0 Å². The van der Waals surface area contributed by atoms with Gasteiger partial charge in [0.1, 0.15) is 5.75 Å². The summed E-state index contributed by atoms with van der Waals surface area (Å²) in [5.41, 5.74) is 0.794. The van der Waals surface area contributed by atoms with Crippen LogP contribution in [0.25, 0.3) is 0 Å². The highest BCUT2D eigenvalue weighted by atomic mass is 35.5. The number of hydrogen-bond acceptors (Lipinski definition) is 5. The summed E-state index contributed by atoms with van der Waals surface area (Å²) in [5, 5.41) is 7.56. The number of aryl methyl sites for hydroxylation is 1. The smallest absolute Gasteiger partial charge is 0.223 e. The Morgan fingerprint density at radius 1 is 1.47 bits per heavy atom. The highest BCUT2D eigenvalue weighted by Crippen LogP contribution is 2.27. The second kappa shape index (κ2) is 5.05. The number of methoxy groups -OCH3 is 1. The Kier molecular flexibility index (Phi) is 3.49. The minimum absolute atomic E-state index is 0.452. The summed E-state index contributed by atoms with van der Waals surface area (Å²) in [4.78, 5) is 4.09. The SMILES string of the molecule is COc1ccc(Cl)cc1NCc1noc(C)n1. The summed E-state index contributed by atoms with van der Waals surface area (Å²) < 4.78 is 10.1. The zero-order chi connectivity index (χ0) is 12.3. The predicted molar refractivity (Wildman–Crippen MR) is 64.4 cm³/mol. The van der Waals surface area contributed by atoms with E-state index in [0.717, 1.165) is 11.4 Å². The topological polar surface area (TPSA) is 60.2 Å². The molecule has 0 atom stereocenters. The van der Waals surface area contributed by atoms with Crippen LogP contribution in [0.15, 0.2) is 22.7 Å². The fourth-order valence-corrected chi connectivity index (χ4v) is 1.58. The second-order valence-electron chi connectivity index (χ2n) is 3.43. The largest absolute Gasteiger partial charge is 0.495 e. The maximum absolute atomic E-state index is 5.91. The van der Waals surface area contributed by atoms with Crippen molar-refractivity contribution in [2.45, 2.75) is 13.5 Å². The van der Waals surface area contributed by atoms with E-state index in [9.17, 15) is 0 Å². The van der Waals surface area contributed by atoms with E-state index in [-0.39, 0.29) is 0 Å². The molecule has 0 bridgehead atoms. The molecule has 1 N–H and O–H groups in total. The zero-order valence-electron chi connectivity index (χ0n) is 9.53. The fraction of sp³-hybridized carbons (Fsp3) is 0.273. The van der Waals surface area contributed by atoms with E-state index in [4.69, 9.17) is 20.9 Å². The number of aromatic nitrogens is 2. The standard InChI is InChI=1S/C11H12ClN3O2/c1-7-14-11(15-17-7)6-13-9-5-8(12)3-4-10(9)16-2/h3-5,13H,6H2,1-2H3. The monoisotopic (exact) mass is 253 g/mol. The molecule has 0 unspecified atom stereocenters. The van der Waals surface area contributed by atoms with Gasteiger partial charge >= 0.3 is 0 Å². The molecule has 0 spiro atoms. The Hall–Kier alpha value is -1.75. The van der Waals surface area contributed by atoms with Crippen molar-refractivity contribution in [1.82, 2.24) is 10.1 Å². The van der Waals surface area contributed by atoms with Crippen molar-refractivity contribution in [1.29, 1.82) is 0 Å². The summed E-state index contributed by atoms with van der Waals surface area (Å²) in [6, 6.07) is 5.35. The van der Waals surface area contributed by atoms with Crippen molar-refractivity contribution in [2.75, 3.05) is 12.4 Å². The van der Waals surface area contributed by atoms with Crippen molar-refractivity contribution >= 4 is 17.3 Å². The van der Waals surface area contributed by atoms with Crippen LogP contribution in [0.1, 0.15) is 11.7 Å². The van der Waals surface area contributed by atoms with E-state index in [1.54, 1.807) is 32.2 Å². The summed E-state index contributed by atoms with van der Waals surface area (Å²) in [6.45, 7) is 2.20. The molecule has 0 amide bonds. The molecule has 0 aliphatic rings. The molecule has 5 nitrogen and oxygen atoms in total. The summed E-state index contributed by atoms with van der Waals surface area (Å²) >= 11 is 5.91. The molecule has 0 saturated heterocycles. The van der Waals surface area contributed by atoms with Crippen molar-refractivity contribution in [3.63, 3.8) is 0 Å². The molecular formula is C11H12ClN3O2. The van der Waals surface area contributed by atoms with Crippen LogP contribution < -0.4 is 10.1 Å². The molecular weight excluding hydrogens is 242 g/mol. The van der Waals surface area contributed by atoms with E-state index >= 15 is 0 Å². The van der Waals surface area contributed by atoms with Crippen LogP contribution in [0.3, 0.4) is 0 Å². The van der Waals surface area contributed by atoms with E-state index < -0.39 is 0 Å². The minimum atomic E-state index is 0.452. The quantitative estimate of drug-likeness (QED) is 0.908. The highest BCUT2D eigenvalue weighted by molar-refractivity contribution is 6.30. The third-order valence-corrected chi connectivity index (χ3v) is 2.40. The average molecular weight is 254 g/mol. The number of hydrogen-bond donors (Lipinski definition) is 1. The van der Waals surface area contributed by atoms with E-state index in [1.807, 2.05) is 0 Å². The van der Waals surface area contributed by atoms with Crippen LogP contribution in [0.4, 0.5) is 5.69 Å². The molecule has 0 aliphatic heterocycles. The van der Waals surface area contributed by atoms with Gasteiger partial charge in [0.05, 0.1) is 19.3 Å². The molecule has 17 heavy (non-hydrogen) atoms. The lowest BCUT2D eigenvalue weighted by Gasteiger charge is -2.09. The van der Waals surface area contributed by atoms with Gasteiger partial charge in [0, 0.05) is 11.9 Å². The van der Waals surface area contributed by atoms with Crippen LogP contribution in [-0.4, -0.2) is 17.3 Å². The average Bonchev–Trinajstić information content (AvgIpc) is 2.73. The lowest BCUT2D eigenvalue weighted by molar-refractivity contribution is 0.388. The molecule has 6 heteroatoms. The van der Waals surface area contributed by atoms with E-state index in [2.05, 4.69) is 15.5 Å². The third kappa shape index (κ3) is 2.88. The number of nitrogens with zero attached hydrogens (tertiary/aromatic N) is 2. The lowest BCUT2D eigenvalue weighted by Crippen LogP contribution is -2.02. The van der Waals surface area contributed by atoms with Crippen LogP contribution in [0.5, 0.6) is 5.75 Å². The molecule has 1 aromatic carbocycles. The van der Waals surface area contributed by atoms with Gasteiger partial charge in [0.15, 0.2) is 5.82 Å². The molecule has 1 heterocycles. The van der Waals surface area contributed by atoms with Crippen LogP contribution >= 0.6 is 11.6 Å². The molecule has 90 valence electrons. The van der Waals surface area contributed by atoms with Gasteiger partial charge in [0.25, 0.3) is 0 Å². The Labute approximate surface area is 104 Å². The fourth-order valence-electron chi connectivity index (χ4n) is 1.41. The summed E-state index contributed by atoms with van der Waals surface area (Å²) in [6.07, 6.45) is 0. The number of nitrogens with one attached hydrogen (secondary N) is 1. The van der Waals surface area contributed by atoms with Crippen molar-refractivity contribution in [2.24, 2.45) is 0 Å². The summed E-state index contributed by atoms with van der Waals surface area (Å²) in [7, 11) is 1.60. The lowest BCUT2D eigenvalue weighted by atomic mass is 10.3. The first kappa shape index (κ1) is 11.7. The summed E-state index contributed by atoms with van der Waals surface area (Å²) in [5.74, 6) is 1.85. The first-order valence-electron chi connectivity index (χ1n) is 5.05. The zero-order valence-corrected chi connectivity index (χ0v) is 10.3. The van der Waals surface area contributed by atoms with Crippen LogP contribution in [-0.2, 0) is 6.54 Å². The Balaban J connectivity index is 2.10. The number of anilines is 1. The van der Waals surface area contributed by atoms with Gasteiger partial charge < -0.3 is 14.6 Å². The molecule has 0 radical (unpaired) electrons. The Morgan fingerprint density at radius 3 is 2.94 bits per heavy atom. The Morgan fingerprint density at radius 2 is 2.29 bits per heavy atom. The number of rotatable bonds is 4. The van der Waals surface area contributed by atoms with Gasteiger partial charge in [-0.3, -0.25) is 0 Å². The van der Waals surface area contributed by atoms with Gasteiger partial charge in [-0.15, -0.1) is 0 Å². The van der Waals surface area contributed by atoms with Crippen molar-refractivity contribution < 1.29 is 9.26 Å². The maximum atomic E-state index is 5.91. The third-order valence-electron chi connectivity index (χ3n) is 2.17. The number of ether oxygens (including phenoxy) is 1. The van der Waals surface area contributed by atoms with Gasteiger partial charge in [0.2, 0.25) is 5.89 Å². The molecule has 1 aromatic heterocycles. The minimum Gasteiger partial charge on any atom is -0.495 e. The molecule has 2 rings (SSSR count). The van der Waals surface area contributed by atoms with Gasteiger partial charge in [-0.05, 0) is 18.2 Å². The van der Waals surface area contributed by atoms with E-state index in [0.29, 0.717) is 23.3 Å². The number of halogens is 1. The van der Waals surface area contributed by atoms with Crippen LogP contribution in [0, 0.1) is 6.92 Å². The van der Waals surface area contributed by atoms with Crippen molar-refractivity contribution in [3.8, 4) is 5.75 Å². The highest BCUT2D eigenvalue weighted by Gasteiger charge is 2.06. The molecule has 0 fully saturated rings. The molecule has 0 saturated carbocycles. The van der Waals surface area contributed by atoms with Crippen molar-refractivity contribution in [3.05, 3.63) is 34.9 Å². The maximum Gasteiger partial charge on any atom is 0.223 e. The van der Waals surface area contributed by atoms with Gasteiger partial charge in [-0.25, -0.2) is 0 Å². The molecule has 2 aromatic rings. The first-order valence-corrected chi connectivity index (χ1v) is 5.43. The second-order valence-corrected chi connectivity index (χ2v) is 3.86. The Bertz CT molecular complexity index is 513. The van der Waals surface area contributed by atoms with Crippen LogP contribution in [0.2, 0.25) is 5.02 Å². The first-order chi connectivity index (χ1) is 8.19. The predicted octanol–water partition coefficient (Wildman–Crippen LogP) is 2.65. The normalized spacial score (nSPS) is 10.3. The molecule has 0 aliphatic carbocycles. The van der Waals surface area contributed by atoms with Gasteiger partial charge in [-0.2, -0.15) is 4.98 Å². The number of benzene rings is 1. The van der Waals surface area contributed by atoms with Gasteiger partial charge in [-0.1, -0.05) is 16.8 Å².